The van der Waals surface area contributed by atoms with Crippen molar-refractivity contribution in [2.75, 3.05) is 32.8 Å². The first kappa shape index (κ1) is 18.1. The Bertz CT molecular complexity index is 957. The highest BCUT2D eigenvalue weighted by Crippen LogP contribution is 2.38. The Labute approximate surface area is 153 Å². The topological polar surface area (TPSA) is 69.2 Å². The Balaban J connectivity index is 2.32. The van der Waals surface area contributed by atoms with Gasteiger partial charge in [0.25, 0.3) is 0 Å². The van der Waals surface area contributed by atoms with E-state index in [-0.39, 0.29) is 22.8 Å². The van der Waals surface area contributed by atoms with E-state index in [2.05, 4.69) is 20.3 Å². The van der Waals surface area contributed by atoms with Crippen LogP contribution in [0.25, 0.3) is 22.2 Å². The minimum atomic E-state index is -0.860. The van der Waals surface area contributed by atoms with Crippen molar-refractivity contribution in [3.8, 4) is 22.8 Å². The van der Waals surface area contributed by atoms with E-state index in [1.165, 1.54) is 32.0 Å². The lowest BCUT2D eigenvalue weighted by Gasteiger charge is -2.14. The summed E-state index contributed by atoms with van der Waals surface area (Å²) in [5.74, 6) is -1.61. The quantitative estimate of drug-likeness (QED) is 0.536. The SMILES string of the molecule is CNc1nc(-c2c(F)c(OC)cc(OC)c2F)cc2cnc(SC)nc12. The van der Waals surface area contributed by atoms with Gasteiger partial charge < -0.3 is 14.8 Å². The lowest BCUT2D eigenvalue weighted by molar-refractivity contribution is 0.359. The zero-order valence-corrected chi connectivity index (χ0v) is 15.4. The maximum absolute atomic E-state index is 14.8. The molecule has 9 heteroatoms. The molecule has 0 fully saturated rings. The molecule has 3 aromatic rings. The molecule has 0 spiro atoms. The Kier molecular flexibility index (Phi) is 5.08. The summed E-state index contributed by atoms with van der Waals surface area (Å²) in [6.07, 6.45) is 3.45. The van der Waals surface area contributed by atoms with Gasteiger partial charge in [0.1, 0.15) is 5.52 Å². The molecule has 6 nitrogen and oxygen atoms in total. The number of anilines is 1. The molecule has 2 heterocycles. The molecular weight excluding hydrogens is 362 g/mol. The summed E-state index contributed by atoms with van der Waals surface area (Å²) in [5.41, 5.74) is 0.300. The highest BCUT2D eigenvalue weighted by molar-refractivity contribution is 7.98. The largest absolute Gasteiger partial charge is 0.494 e. The Morgan fingerprint density at radius 3 is 2.23 bits per heavy atom. The number of nitrogens with one attached hydrogen (secondary N) is 1. The molecule has 0 radical (unpaired) electrons. The first-order chi connectivity index (χ1) is 12.5. The number of aromatic nitrogens is 3. The van der Waals surface area contributed by atoms with Gasteiger partial charge in [-0.1, -0.05) is 11.8 Å². The predicted molar refractivity (Wildman–Crippen MR) is 97.1 cm³/mol. The summed E-state index contributed by atoms with van der Waals surface area (Å²) in [6.45, 7) is 0. The molecule has 136 valence electrons. The van der Waals surface area contributed by atoms with Gasteiger partial charge in [0.05, 0.1) is 25.5 Å². The lowest BCUT2D eigenvalue weighted by atomic mass is 10.1. The summed E-state index contributed by atoms with van der Waals surface area (Å²) >= 11 is 1.39. The number of thioether (sulfide) groups is 1. The third-order valence-corrected chi connectivity index (χ3v) is 4.35. The second kappa shape index (κ2) is 7.28. The highest BCUT2D eigenvalue weighted by atomic mass is 32.2. The minimum absolute atomic E-state index is 0.0783. The van der Waals surface area contributed by atoms with Crippen LogP contribution in [0, 0.1) is 11.6 Å². The van der Waals surface area contributed by atoms with Crippen molar-refractivity contribution in [1.29, 1.82) is 0 Å². The molecule has 2 aromatic heterocycles. The first-order valence-corrected chi connectivity index (χ1v) is 8.76. The fraction of sp³-hybridized carbons (Fsp3) is 0.235. The van der Waals surface area contributed by atoms with Crippen molar-refractivity contribution in [3.05, 3.63) is 30.0 Å². The van der Waals surface area contributed by atoms with Crippen molar-refractivity contribution < 1.29 is 18.3 Å². The summed E-state index contributed by atoms with van der Waals surface area (Å²) < 4.78 is 39.5. The van der Waals surface area contributed by atoms with Gasteiger partial charge in [-0.3, -0.25) is 0 Å². The fourth-order valence-corrected chi connectivity index (χ4v) is 2.88. The monoisotopic (exact) mass is 378 g/mol. The van der Waals surface area contributed by atoms with Crippen LogP contribution < -0.4 is 14.8 Å². The van der Waals surface area contributed by atoms with E-state index < -0.39 is 11.6 Å². The maximum atomic E-state index is 14.8. The van der Waals surface area contributed by atoms with Crippen LogP contribution in [-0.4, -0.2) is 42.5 Å². The standard InChI is InChI=1S/C17H16F2N4O2S/c1-20-16-15-8(7-21-17(23-15)26-4)5-9(22-16)12-13(18)10(24-2)6-11(25-3)14(12)19/h5-7H,1-4H3,(H,20,22). The van der Waals surface area contributed by atoms with Crippen LogP contribution in [0.2, 0.25) is 0 Å². The number of methoxy groups -OCH3 is 2. The fourth-order valence-electron chi connectivity index (χ4n) is 2.53. The van der Waals surface area contributed by atoms with E-state index in [1.54, 1.807) is 13.2 Å². The van der Waals surface area contributed by atoms with Gasteiger partial charge in [-0.15, -0.1) is 0 Å². The summed E-state index contributed by atoms with van der Waals surface area (Å²) in [7, 11) is 4.25. The first-order valence-electron chi connectivity index (χ1n) is 7.53. The van der Waals surface area contributed by atoms with Crippen molar-refractivity contribution in [1.82, 2.24) is 15.0 Å². The normalized spacial score (nSPS) is 10.8. The van der Waals surface area contributed by atoms with Gasteiger partial charge in [0.15, 0.2) is 34.1 Å². The van der Waals surface area contributed by atoms with Gasteiger partial charge in [0, 0.05) is 24.7 Å². The molecule has 0 aliphatic carbocycles. The Morgan fingerprint density at radius 1 is 1.04 bits per heavy atom. The average Bonchev–Trinajstić information content (AvgIpc) is 2.67. The molecule has 1 aromatic carbocycles. The summed E-state index contributed by atoms with van der Waals surface area (Å²) in [6, 6.07) is 2.68. The number of benzene rings is 1. The van der Waals surface area contributed by atoms with Crippen LogP contribution in [0.4, 0.5) is 14.6 Å². The second-order valence-electron chi connectivity index (χ2n) is 5.18. The van der Waals surface area contributed by atoms with Gasteiger partial charge in [-0.25, -0.2) is 23.7 Å². The Hall–Kier alpha value is -2.68. The predicted octanol–water partition coefficient (Wildman–Crippen LogP) is 3.75. The van der Waals surface area contributed by atoms with Gasteiger partial charge in [-0.2, -0.15) is 0 Å². The molecule has 0 atom stereocenters. The van der Waals surface area contributed by atoms with E-state index in [0.717, 1.165) is 6.07 Å². The van der Waals surface area contributed by atoms with E-state index in [1.807, 2.05) is 6.26 Å². The minimum Gasteiger partial charge on any atom is -0.494 e. The van der Waals surface area contributed by atoms with Crippen LogP contribution >= 0.6 is 11.8 Å². The second-order valence-corrected chi connectivity index (χ2v) is 5.96. The van der Waals surface area contributed by atoms with Gasteiger partial charge >= 0.3 is 0 Å². The van der Waals surface area contributed by atoms with E-state index >= 15 is 0 Å². The van der Waals surface area contributed by atoms with Gasteiger partial charge in [-0.05, 0) is 12.3 Å². The zero-order valence-electron chi connectivity index (χ0n) is 14.6. The van der Waals surface area contributed by atoms with Gasteiger partial charge in [0.2, 0.25) is 0 Å². The molecule has 0 bridgehead atoms. The third kappa shape index (κ3) is 2.98. The third-order valence-electron chi connectivity index (χ3n) is 3.79. The molecule has 0 amide bonds. The molecular formula is C17H16F2N4O2S. The molecule has 0 saturated heterocycles. The zero-order chi connectivity index (χ0) is 18.8. The van der Waals surface area contributed by atoms with E-state index in [0.29, 0.717) is 21.9 Å². The van der Waals surface area contributed by atoms with Crippen molar-refractivity contribution in [2.24, 2.45) is 0 Å². The number of rotatable bonds is 5. The smallest absolute Gasteiger partial charge is 0.187 e. The van der Waals surface area contributed by atoms with E-state index in [4.69, 9.17) is 9.47 Å². The molecule has 1 N–H and O–H groups in total. The van der Waals surface area contributed by atoms with Crippen molar-refractivity contribution >= 4 is 28.5 Å². The number of halogens is 2. The van der Waals surface area contributed by atoms with Crippen LogP contribution in [-0.2, 0) is 0 Å². The number of ether oxygens (including phenoxy) is 2. The van der Waals surface area contributed by atoms with Crippen LogP contribution in [0.3, 0.4) is 0 Å². The molecule has 0 unspecified atom stereocenters. The number of hydrogen-bond acceptors (Lipinski definition) is 7. The number of nitrogens with zero attached hydrogens (tertiary/aromatic N) is 3. The van der Waals surface area contributed by atoms with Crippen LogP contribution in [0.15, 0.2) is 23.5 Å². The lowest BCUT2D eigenvalue weighted by Crippen LogP contribution is -2.03. The maximum Gasteiger partial charge on any atom is 0.187 e. The average molecular weight is 378 g/mol. The highest BCUT2D eigenvalue weighted by Gasteiger charge is 2.23. The van der Waals surface area contributed by atoms with Crippen molar-refractivity contribution in [3.63, 3.8) is 0 Å². The Morgan fingerprint density at radius 2 is 1.69 bits per heavy atom. The molecule has 0 saturated carbocycles. The molecule has 0 aliphatic heterocycles. The van der Waals surface area contributed by atoms with Crippen LogP contribution in [0.1, 0.15) is 0 Å². The number of hydrogen-bond donors (Lipinski definition) is 1. The molecule has 3 rings (SSSR count). The molecule has 26 heavy (non-hydrogen) atoms. The van der Waals surface area contributed by atoms with Crippen LogP contribution in [0.5, 0.6) is 11.5 Å². The number of fused-ring (bicyclic) bond motifs is 1. The van der Waals surface area contributed by atoms with E-state index in [9.17, 15) is 8.78 Å². The number of pyridine rings is 1. The van der Waals surface area contributed by atoms with Crippen molar-refractivity contribution in [2.45, 2.75) is 5.16 Å². The summed E-state index contributed by atoms with van der Waals surface area (Å²) in [4.78, 5) is 12.9. The summed E-state index contributed by atoms with van der Waals surface area (Å²) in [5, 5.41) is 4.08. The molecule has 0 aliphatic rings.